The molecule has 0 saturated carbocycles. The second-order valence-electron chi connectivity index (χ2n) is 6.04. The van der Waals surface area contributed by atoms with Gasteiger partial charge in [-0.3, -0.25) is 0 Å². The van der Waals surface area contributed by atoms with Gasteiger partial charge in [-0.05, 0) is 37.1 Å². The number of aryl methyl sites for hydroxylation is 1. The van der Waals surface area contributed by atoms with Gasteiger partial charge < -0.3 is 9.88 Å². The molecule has 0 fully saturated rings. The summed E-state index contributed by atoms with van der Waals surface area (Å²) < 4.78 is 2.24. The third-order valence-electron chi connectivity index (χ3n) is 4.50. The second kappa shape index (κ2) is 6.36. The highest BCUT2D eigenvalue weighted by atomic mass is 15.1. The number of benzene rings is 1. The minimum absolute atomic E-state index is 0.773. The Morgan fingerprint density at radius 3 is 2.48 bits per heavy atom. The maximum absolute atomic E-state index is 4.55. The Balaban J connectivity index is 1.81. The van der Waals surface area contributed by atoms with Crippen LogP contribution in [0.3, 0.4) is 0 Å². The van der Waals surface area contributed by atoms with Crippen LogP contribution in [0.4, 0.5) is 11.6 Å². The van der Waals surface area contributed by atoms with E-state index in [4.69, 9.17) is 0 Å². The molecule has 25 heavy (non-hydrogen) atoms. The summed E-state index contributed by atoms with van der Waals surface area (Å²) in [6.07, 6.45) is 3.37. The van der Waals surface area contributed by atoms with Crippen molar-refractivity contribution >= 4 is 22.7 Å². The molecule has 0 aliphatic rings. The van der Waals surface area contributed by atoms with Gasteiger partial charge in [0.1, 0.15) is 23.6 Å². The molecule has 3 heterocycles. The molecule has 0 atom stereocenters. The highest BCUT2D eigenvalue weighted by Crippen LogP contribution is 2.30. The zero-order chi connectivity index (χ0) is 17.2. The Hall–Kier alpha value is -3.21. The number of aromatic nitrogens is 4. The number of nitrogens with one attached hydrogen (secondary N) is 1. The third-order valence-corrected chi connectivity index (χ3v) is 4.50. The highest BCUT2D eigenvalue weighted by Gasteiger charge is 2.16. The van der Waals surface area contributed by atoms with Crippen molar-refractivity contribution in [3.8, 4) is 0 Å². The van der Waals surface area contributed by atoms with E-state index in [0.717, 1.165) is 29.2 Å². The number of hydrogen-bond donors (Lipinski definition) is 1. The number of nitrogens with zero attached hydrogens (tertiary/aromatic N) is 4. The minimum atomic E-state index is 0.773. The van der Waals surface area contributed by atoms with Gasteiger partial charge in [-0.15, -0.1) is 0 Å². The van der Waals surface area contributed by atoms with Crippen LogP contribution < -0.4 is 5.32 Å². The van der Waals surface area contributed by atoms with Gasteiger partial charge in [0.05, 0.1) is 5.39 Å². The van der Waals surface area contributed by atoms with E-state index in [9.17, 15) is 0 Å². The summed E-state index contributed by atoms with van der Waals surface area (Å²) in [5.41, 5.74) is 4.57. The minimum Gasteiger partial charge on any atom is -0.325 e. The van der Waals surface area contributed by atoms with E-state index >= 15 is 0 Å². The van der Waals surface area contributed by atoms with E-state index in [-0.39, 0.29) is 0 Å². The van der Waals surface area contributed by atoms with E-state index in [2.05, 4.69) is 62.9 Å². The van der Waals surface area contributed by atoms with Gasteiger partial charge in [-0.1, -0.05) is 36.4 Å². The first-order chi connectivity index (χ1) is 12.2. The number of rotatable bonds is 4. The molecule has 0 aliphatic carbocycles. The lowest BCUT2D eigenvalue weighted by Crippen LogP contribution is -2.03. The fourth-order valence-corrected chi connectivity index (χ4v) is 3.08. The standard InChI is InChI=1S/C20H19N5/c1-14-15(2)25(12-16-8-4-3-5-9-16)20-18(14)19(22-13-23-20)24-17-10-6-7-11-21-17/h3-11,13H,12H2,1-2H3,(H,21,22,23,24). The first kappa shape index (κ1) is 15.3. The van der Waals surface area contributed by atoms with Crippen molar-refractivity contribution in [2.75, 3.05) is 5.32 Å². The highest BCUT2D eigenvalue weighted by molar-refractivity contribution is 5.93. The Kier molecular flexibility index (Phi) is 3.90. The van der Waals surface area contributed by atoms with E-state index in [1.807, 2.05) is 24.3 Å². The molecule has 5 nitrogen and oxygen atoms in total. The number of pyridine rings is 1. The SMILES string of the molecule is Cc1c(C)n(Cc2ccccc2)c2ncnc(Nc3ccccn3)c12. The maximum atomic E-state index is 4.55. The molecule has 0 saturated heterocycles. The quantitative estimate of drug-likeness (QED) is 0.608. The lowest BCUT2D eigenvalue weighted by molar-refractivity contribution is 0.790. The molecular weight excluding hydrogens is 310 g/mol. The lowest BCUT2D eigenvalue weighted by Gasteiger charge is -2.08. The van der Waals surface area contributed by atoms with Crippen molar-refractivity contribution in [2.24, 2.45) is 0 Å². The Morgan fingerprint density at radius 1 is 0.920 bits per heavy atom. The molecule has 0 aliphatic heterocycles. The largest absolute Gasteiger partial charge is 0.325 e. The normalized spacial score (nSPS) is 11.0. The van der Waals surface area contributed by atoms with Crippen LogP contribution in [0.1, 0.15) is 16.8 Å². The molecule has 0 bridgehead atoms. The van der Waals surface area contributed by atoms with Crippen LogP contribution in [-0.4, -0.2) is 19.5 Å². The van der Waals surface area contributed by atoms with Crippen LogP contribution in [0.15, 0.2) is 61.1 Å². The van der Waals surface area contributed by atoms with E-state index < -0.39 is 0 Å². The van der Waals surface area contributed by atoms with E-state index in [1.54, 1.807) is 12.5 Å². The number of anilines is 2. The van der Waals surface area contributed by atoms with Crippen molar-refractivity contribution in [1.29, 1.82) is 0 Å². The first-order valence-corrected chi connectivity index (χ1v) is 8.26. The Morgan fingerprint density at radius 2 is 1.72 bits per heavy atom. The van der Waals surface area contributed by atoms with E-state index in [0.29, 0.717) is 0 Å². The van der Waals surface area contributed by atoms with Gasteiger partial charge in [0.2, 0.25) is 0 Å². The molecule has 4 aromatic rings. The summed E-state index contributed by atoms with van der Waals surface area (Å²) in [6.45, 7) is 5.04. The summed E-state index contributed by atoms with van der Waals surface area (Å²) in [6, 6.07) is 16.2. The molecule has 0 spiro atoms. The van der Waals surface area contributed by atoms with Crippen LogP contribution in [-0.2, 0) is 6.54 Å². The van der Waals surface area contributed by atoms with Crippen LogP contribution in [0.25, 0.3) is 11.0 Å². The van der Waals surface area contributed by atoms with Crippen LogP contribution >= 0.6 is 0 Å². The molecule has 4 rings (SSSR count). The van der Waals surface area contributed by atoms with Crippen molar-refractivity contribution in [1.82, 2.24) is 19.5 Å². The molecule has 0 unspecified atom stereocenters. The summed E-state index contributed by atoms with van der Waals surface area (Å²) >= 11 is 0. The van der Waals surface area contributed by atoms with Crippen LogP contribution in [0, 0.1) is 13.8 Å². The zero-order valence-corrected chi connectivity index (χ0v) is 14.3. The molecule has 124 valence electrons. The van der Waals surface area contributed by atoms with Gasteiger partial charge in [0.25, 0.3) is 0 Å². The molecule has 5 heteroatoms. The molecule has 0 radical (unpaired) electrons. The predicted octanol–water partition coefficient (Wildman–Crippen LogP) is 4.24. The molecule has 1 aromatic carbocycles. The molecule has 3 aromatic heterocycles. The first-order valence-electron chi connectivity index (χ1n) is 8.26. The average Bonchev–Trinajstić information content (AvgIpc) is 2.89. The smallest absolute Gasteiger partial charge is 0.146 e. The topological polar surface area (TPSA) is 55.6 Å². The van der Waals surface area contributed by atoms with Crippen molar-refractivity contribution in [3.05, 3.63) is 77.9 Å². The third kappa shape index (κ3) is 2.85. The van der Waals surface area contributed by atoms with Crippen LogP contribution in [0.2, 0.25) is 0 Å². The second-order valence-corrected chi connectivity index (χ2v) is 6.04. The van der Waals surface area contributed by atoms with Gasteiger partial charge >= 0.3 is 0 Å². The van der Waals surface area contributed by atoms with Gasteiger partial charge in [0.15, 0.2) is 0 Å². The fraction of sp³-hybridized carbons (Fsp3) is 0.150. The van der Waals surface area contributed by atoms with Gasteiger partial charge in [-0.2, -0.15) is 0 Å². The summed E-state index contributed by atoms with van der Waals surface area (Å²) in [5.74, 6) is 1.56. The van der Waals surface area contributed by atoms with Gasteiger partial charge in [0, 0.05) is 18.4 Å². The Labute approximate surface area is 146 Å². The van der Waals surface area contributed by atoms with Gasteiger partial charge in [-0.25, -0.2) is 15.0 Å². The zero-order valence-electron chi connectivity index (χ0n) is 14.3. The fourth-order valence-electron chi connectivity index (χ4n) is 3.08. The number of fused-ring (bicyclic) bond motifs is 1. The summed E-state index contributed by atoms with van der Waals surface area (Å²) in [4.78, 5) is 13.3. The van der Waals surface area contributed by atoms with E-state index in [1.165, 1.54) is 16.8 Å². The van der Waals surface area contributed by atoms with Crippen molar-refractivity contribution < 1.29 is 0 Å². The van der Waals surface area contributed by atoms with Crippen molar-refractivity contribution in [2.45, 2.75) is 20.4 Å². The number of hydrogen-bond acceptors (Lipinski definition) is 4. The summed E-state index contributed by atoms with van der Waals surface area (Å²) in [7, 11) is 0. The van der Waals surface area contributed by atoms with Crippen LogP contribution in [0.5, 0.6) is 0 Å². The molecule has 0 amide bonds. The molecular formula is C20H19N5. The van der Waals surface area contributed by atoms with Crippen molar-refractivity contribution in [3.63, 3.8) is 0 Å². The predicted molar refractivity (Wildman–Crippen MR) is 100 cm³/mol. The Bertz CT molecular complexity index is 1010. The summed E-state index contributed by atoms with van der Waals surface area (Å²) in [5, 5.41) is 4.36. The lowest BCUT2D eigenvalue weighted by atomic mass is 10.2. The molecule has 1 N–H and O–H groups in total. The maximum Gasteiger partial charge on any atom is 0.146 e. The average molecular weight is 329 g/mol. The monoisotopic (exact) mass is 329 g/mol.